The summed E-state index contributed by atoms with van der Waals surface area (Å²) < 4.78 is 10.3. The van der Waals surface area contributed by atoms with Crippen LogP contribution in [-0.2, 0) is 13.1 Å². The Morgan fingerprint density at radius 3 is 2.32 bits per heavy atom. The van der Waals surface area contributed by atoms with E-state index in [2.05, 4.69) is 15.6 Å². The number of benzene rings is 2. The van der Waals surface area contributed by atoms with Crippen LogP contribution in [0.2, 0.25) is 0 Å². The van der Waals surface area contributed by atoms with Crippen molar-refractivity contribution in [3.63, 3.8) is 0 Å². The molecule has 0 aliphatic carbocycles. The maximum absolute atomic E-state index is 9.96. The van der Waals surface area contributed by atoms with Crippen molar-refractivity contribution in [3.05, 3.63) is 53.6 Å². The third-order valence-corrected chi connectivity index (χ3v) is 3.66. The average Bonchev–Trinajstić information content (AvgIpc) is 2.65. The number of phenols is 1. The second-order valence-electron chi connectivity index (χ2n) is 5.39. The Labute approximate surface area is 148 Å². The maximum atomic E-state index is 9.96. The van der Waals surface area contributed by atoms with Crippen molar-refractivity contribution in [2.24, 2.45) is 4.99 Å². The van der Waals surface area contributed by atoms with Crippen molar-refractivity contribution in [2.75, 3.05) is 20.8 Å². The molecule has 6 heteroatoms. The molecule has 0 amide bonds. The highest BCUT2D eigenvalue weighted by Crippen LogP contribution is 2.22. The molecule has 0 spiro atoms. The number of nitrogens with zero attached hydrogens (tertiary/aromatic N) is 1. The minimum absolute atomic E-state index is 0.222. The molecule has 25 heavy (non-hydrogen) atoms. The number of aliphatic imine (C=N–C) groups is 1. The van der Waals surface area contributed by atoms with Gasteiger partial charge < -0.3 is 25.2 Å². The Balaban J connectivity index is 2.01. The first-order chi connectivity index (χ1) is 12.2. The summed E-state index contributed by atoms with van der Waals surface area (Å²) in [4.78, 5) is 4.57. The normalized spacial score (nSPS) is 11.1. The third kappa shape index (κ3) is 5.60. The van der Waals surface area contributed by atoms with Crippen molar-refractivity contribution in [3.8, 4) is 17.2 Å². The van der Waals surface area contributed by atoms with Crippen LogP contribution in [0.25, 0.3) is 0 Å². The van der Waals surface area contributed by atoms with Gasteiger partial charge in [0.1, 0.15) is 17.2 Å². The summed E-state index contributed by atoms with van der Waals surface area (Å²) in [5.41, 5.74) is 1.83. The van der Waals surface area contributed by atoms with Gasteiger partial charge >= 0.3 is 0 Å². The summed E-state index contributed by atoms with van der Waals surface area (Å²) in [5, 5.41) is 16.4. The van der Waals surface area contributed by atoms with Crippen molar-refractivity contribution < 1.29 is 14.6 Å². The van der Waals surface area contributed by atoms with Gasteiger partial charge in [0.25, 0.3) is 0 Å². The quantitative estimate of drug-likeness (QED) is 0.532. The largest absolute Gasteiger partial charge is 0.508 e. The van der Waals surface area contributed by atoms with Crippen LogP contribution in [0.3, 0.4) is 0 Å². The Kier molecular flexibility index (Phi) is 6.95. The predicted molar refractivity (Wildman–Crippen MR) is 99.3 cm³/mol. The number of aromatic hydroxyl groups is 1. The van der Waals surface area contributed by atoms with E-state index in [4.69, 9.17) is 9.47 Å². The van der Waals surface area contributed by atoms with Crippen LogP contribution >= 0.6 is 0 Å². The molecule has 0 unspecified atom stereocenters. The molecule has 134 valence electrons. The molecule has 0 bridgehead atoms. The second-order valence-corrected chi connectivity index (χ2v) is 5.39. The number of nitrogens with one attached hydrogen (secondary N) is 2. The number of hydrogen-bond donors (Lipinski definition) is 3. The highest BCUT2D eigenvalue weighted by atomic mass is 16.5. The molecule has 0 aliphatic heterocycles. The van der Waals surface area contributed by atoms with E-state index in [9.17, 15) is 5.11 Å². The van der Waals surface area contributed by atoms with E-state index in [1.165, 1.54) is 0 Å². The fourth-order valence-corrected chi connectivity index (χ4v) is 2.25. The standard InChI is InChI=1S/C19H25N3O3/c1-4-20-19(21-12-14-5-7-16(24-2)8-6-14)22-13-15-11-17(25-3)9-10-18(15)23/h5-11,23H,4,12-13H2,1-3H3,(H2,20,21,22). The molecular formula is C19H25N3O3. The van der Waals surface area contributed by atoms with Crippen molar-refractivity contribution in [1.82, 2.24) is 10.6 Å². The lowest BCUT2D eigenvalue weighted by Crippen LogP contribution is -2.36. The minimum atomic E-state index is 0.222. The molecule has 3 N–H and O–H groups in total. The van der Waals surface area contributed by atoms with E-state index in [-0.39, 0.29) is 5.75 Å². The van der Waals surface area contributed by atoms with Gasteiger partial charge in [0, 0.05) is 18.7 Å². The van der Waals surface area contributed by atoms with Gasteiger partial charge in [0.15, 0.2) is 5.96 Å². The Hall–Kier alpha value is -2.89. The molecular weight excluding hydrogens is 318 g/mol. The van der Waals surface area contributed by atoms with Crippen molar-refractivity contribution >= 4 is 5.96 Å². The topological polar surface area (TPSA) is 75.1 Å². The van der Waals surface area contributed by atoms with E-state index in [1.54, 1.807) is 32.4 Å². The molecule has 0 aliphatic rings. The zero-order valence-electron chi connectivity index (χ0n) is 14.9. The number of phenolic OH excluding ortho intramolecular Hbond substituents is 1. The van der Waals surface area contributed by atoms with Crippen LogP contribution in [0.5, 0.6) is 17.2 Å². The molecule has 0 radical (unpaired) electrons. The summed E-state index contributed by atoms with van der Waals surface area (Å²) in [5.74, 6) is 2.43. The smallest absolute Gasteiger partial charge is 0.191 e. The molecule has 0 aromatic heterocycles. The predicted octanol–water partition coefficient (Wildman–Crippen LogP) is 2.66. The van der Waals surface area contributed by atoms with Gasteiger partial charge in [0.2, 0.25) is 0 Å². The van der Waals surface area contributed by atoms with Crippen LogP contribution in [0.1, 0.15) is 18.1 Å². The Morgan fingerprint density at radius 2 is 1.68 bits per heavy atom. The number of ether oxygens (including phenoxy) is 2. The molecule has 2 rings (SSSR count). The summed E-state index contributed by atoms with van der Waals surface area (Å²) >= 11 is 0. The van der Waals surface area contributed by atoms with Crippen LogP contribution < -0.4 is 20.1 Å². The Bertz CT molecular complexity index is 700. The maximum Gasteiger partial charge on any atom is 0.191 e. The molecule has 6 nitrogen and oxygen atoms in total. The zero-order valence-corrected chi connectivity index (χ0v) is 14.9. The number of guanidine groups is 1. The lowest BCUT2D eigenvalue weighted by Gasteiger charge is -2.13. The number of rotatable bonds is 7. The molecule has 0 saturated heterocycles. The molecule has 0 heterocycles. The molecule has 0 fully saturated rings. The molecule has 2 aromatic rings. The van der Waals surface area contributed by atoms with Gasteiger partial charge in [-0.3, -0.25) is 0 Å². The van der Waals surface area contributed by atoms with Gasteiger partial charge in [-0.2, -0.15) is 0 Å². The molecule has 2 aromatic carbocycles. The van der Waals surface area contributed by atoms with E-state index in [1.807, 2.05) is 31.2 Å². The summed E-state index contributed by atoms with van der Waals surface area (Å²) in [6.45, 7) is 3.74. The van der Waals surface area contributed by atoms with Crippen LogP contribution in [0.4, 0.5) is 0 Å². The zero-order chi connectivity index (χ0) is 18.1. The third-order valence-electron chi connectivity index (χ3n) is 3.66. The minimum Gasteiger partial charge on any atom is -0.508 e. The summed E-state index contributed by atoms with van der Waals surface area (Å²) in [7, 11) is 3.25. The van der Waals surface area contributed by atoms with Crippen LogP contribution in [0, 0.1) is 0 Å². The lowest BCUT2D eigenvalue weighted by molar-refractivity contribution is 0.410. The average molecular weight is 343 g/mol. The van der Waals surface area contributed by atoms with E-state index in [0.29, 0.717) is 24.8 Å². The highest BCUT2D eigenvalue weighted by molar-refractivity contribution is 5.79. The van der Waals surface area contributed by atoms with Gasteiger partial charge in [-0.25, -0.2) is 4.99 Å². The first kappa shape index (κ1) is 18.4. The fraction of sp³-hybridized carbons (Fsp3) is 0.316. The van der Waals surface area contributed by atoms with Crippen molar-refractivity contribution in [1.29, 1.82) is 0 Å². The van der Waals surface area contributed by atoms with E-state index >= 15 is 0 Å². The number of hydrogen-bond acceptors (Lipinski definition) is 4. The van der Waals surface area contributed by atoms with Gasteiger partial charge in [-0.1, -0.05) is 12.1 Å². The van der Waals surface area contributed by atoms with Crippen LogP contribution in [-0.4, -0.2) is 31.8 Å². The van der Waals surface area contributed by atoms with E-state index in [0.717, 1.165) is 23.4 Å². The van der Waals surface area contributed by atoms with Gasteiger partial charge in [-0.05, 0) is 42.8 Å². The lowest BCUT2D eigenvalue weighted by atomic mass is 10.2. The molecule has 0 atom stereocenters. The summed E-state index contributed by atoms with van der Waals surface area (Å²) in [6.07, 6.45) is 0. The number of methoxy groups -OCH3 is 2. The highest BCUT2D eigenvalue weighted by Gasteiger charge is 2.05. The molecule has 0 saturated carbocycles. The van der Waals surface area contributed by atoms with Gasteiger partial charge in [-0.15, -0.1) is 0 Å². The van der Waals surface area contributed by atoms with Crippen molar-refractivity contribution in [2.45, 2.75) is 20.0 Å². The SMILES string of the molecule is CCNC(=NCc1ccc(OC)cc1)NCc1cc(OC)ccc1O. The Morgan fingerprint density at radius 1 is 1.00 bits per heavy atom. The van der Waals surface area contributed by atoms with Gasteiger partial charge in [0.05, 0.1) is 20.8 Å². The van der Waals surface area contributed by atoms with Crippen LogP contribution in [0.15, 0.2) is 47.5 Å². The first-order valence-electron chi connectivity index (χ1n) is 8.17. The first-order valence-corrected chi connectivity index (χ1v) is 8.17. The monoisotopic (exact) mass is 343 g/mol. The second kappa shape index (κ2) is 9.42. The summed E-state index contributed by atoms with van der Waals surface area (Å²) in [6, 6.07) is 13.0. The van der Waals surface area contributed by atoms with E-state index < -0.39 is 0 Å². The fourth-order valence-electron chi connectivity index (χ4n) is 2.25.